The second kappa shape index (κ2) is 7.77. The van der Waals surface area contributed by atoms with Crippen molar-refractivity contribution < 1.29 is 31.9 Å². The standard InChI is InChI=1S/C21H14F4N4O3S/c1-32-17(30)13-4-3-11(8-15(13)22)29-19(33)28(18(31)20(29)5-2-6-20)12-7-14(21(23,24)25)16(9-26)27-10-12/h3-4,7-8,10H,2,5-6H2,1H3. The highest BCUT2D eigenvalue weighted by Gasteiger charge is 2.59. The summed E-state index contributed by atoms with van der Waals surface area (Å²) in [6.45, 7) is 0. The Morgan fingerprint density at radius 3 is 2.48 bits per heavy atom. The van der Waals surface area contributed by atoms with E-state index in [1.165, 1.54) is 23.1 Å². The first kappa shape index (κ1) is 22.6. The van der Waals surface area contributed by atoms with Crippen LogP contribution in [0.15, 0.2) is 30.5 Å². The van der Waals surface area contributed by atoms with Gasteiger partial charge in [0.25, 0.3) is 5.91 Å². The van der Waals surface area contributed by atoms with E-state index in [-0.39, 0.29) is 22.1 Å². The number of rotatable bonds is 3. The van der Waals surface area contributed by atoms with E-state index in [4.69, 9.17) is 17.5 Å². The number of hydrogen-bond donors (Lipinski definition) is 0. The second-order valence-corrected chi connectivity index (χ2v) is 7.86. The molecule has 1 saturated carbocycles. The molecule has 12 heteroatoms. The number of nitriles is 1. The molecule has 1 aliphatic heterocycles. The van der Waals surface area contributed by atoms with Crippen LogP contribution >= 0.6 is 12.2 Å². The average molecular weight is 478 g/mol. The van der Waals surface area contributed by atoms with Crippen LogP contribution in [-0.4, -0.2) is 34.6 Å². The fourth-order valence-electron chi connectivity index (χ4n) is 4.01. The molecule has 1 aromatic heterocycles. The Morgan fingerprint density at radius 2 is 1.97 bits per heavy atom. The number of carbonyl (C=O) groups excluding carboxylic acids is 2. The van der Waals surface area contributed by atoms with Gasteiger partial charge in [-0.1, -0.05) is 0 Å². The summed E-state index contributed by atoms with van der Waals surface area (Å²) in [6.07, 6.45) is -2.56. The van der Waals surface area contributed by atoms with Gasteiger partial charge in [0.15, 0.2) is 10.8 Å². The molecular formula is C21H14F4N4O3S. The summed E-state index contributed by atoms with van der Waals surface area (Å²) in [5.74, 6) is -2.36. The van der Waals surface area contributed by atoms with Gasteiger partial charge in [0.1, 0.15) is 17.4 Å². The van der Waals surface area contributed by atoms with Crippen LogP contribution in [-0.2, 0) is 15.7 Å². The van der Waals surface area contributed by atoms with Gasteiger partial charge in [-0.3, -0.25) is 9.69 Å². The summed E-state index contributed by atoms with van der Waals surface area (Å²) in [4.78, 5) is 30.9. The molecule has 0 radical (unpaired) electrons. The van der Waals surface area contributed by atoms with Gasteiger partial charge in [-0.05, 0) is 55.7 Å². The summed E-state index contributed by atoms with van der Waals surface area (Å²) < 4.78 is 59.4. The number of alkyl halides is 3. The maximum atomic E-state index is 14.6. The third kappa shape index (κ3) is 3.39. The van der Waals surface area contributed by atoms with Crippen molar-refractivity contribution in [1.82, 2.24) is 4.98 Å². The van der Waals surface area contributed by atoms with Gasteiger partial charge in [0, 0.05) is 5.69 Å². The number of methoxy groups -OCH3 is 1. The normalized spacial score (nSPS) is 17.2. The van der Waals surface area contributed by atoms with E-state index in [0.717, 1.165) is 24.3 Å². The third-order valence-corrected chi connectivity index (χ3v) is 6.12. The first-order valence-corrected chi connectivity index (χ1v) is 10.00. The zero-order chi connectivity index (χ0) is 24.1. The van der Waals surface area contributed by atoms with Crippen LogP contribution in [0, 0.1) is 17.1 Å². The first-order valence-electron chi connectivity index (χ1n) is 9.59. The lowest BCUT2D eigenvalue weighted by Crippen LogP contribution is -2.55. The minimum absolute atomic E-state index is 0.162. The molecule has 7 nitrogen and oxygen atoms in total. The molecule has 1 aromatic carbocycles. The largest absolute Gasteiger partial charge is 0.465 e. The Bertz CT molecular complexity index is 1240. The quantitative estimate of drug-likeness (QED) is 0.375. The van der Waals surface area contributed by atoms with Gasteiger partial charge in [-0.15, -0.1) is 0 Å². The van der Waals surface area contributed by atoms with Crippen LogP contribution in [0.1, 0.15) is 40.9 Å². The number of aromatic nitrogens is 1. The van der Waals surface area contributed by atoms with Gasteiger partial charge >= 0.3 is 12.1 Å². The number of pyridine rings is 1. The van der Waals surface area contributed by atoms with E-state index < -0.39 is 40.7 Å². The molecule has 1 amide bonds. The van der Waals surface area contributed by atoms with Crippen LogP contribution in [0.3, 0.4) is 0 Å². The molecule has 2 heterocycles. The molecule has 1 saturated heterocycles. The minimum atomic E-state index is -4.88. The molecule has 0 atom stereocenters. The van der Waals surface area contributed by atoms with Crippen molar-refractivity contribution in [3.8, 4) is 6.07 Å². The maximum Gasteiger partial charge on any atom is 0.419 e. The summed E-state index contributed by atoms with van der Waals surface area (Å²) in [5.41, 5.74) is -3.73. The molecule has 33 heavy (non-hydrogen) atoms. The first-order chi connectivity index (χ1) is 15.5. The second-order valence-electron chi connectivity index (χ2n) is 7.50. The van der Waals surface area contributed by atoms with E-state index in [2.05, 4.69) is 9.72 Å². The average Bonchev–Trinajstić information content (AvgIpc) is 2.98. The molecular weight excluding hydrogens is 464 g/mol. The van der Waals surface area contributed by atoms with Crippen LogP contribution in [0.5, 0.6) is 0 Å². The lowest BCUT2D eigenvalue weighted by atomic mass is 9.75. The van der Waals surface area contributed by atoms with E-state index in [1.54, 1.807) is 0 Å². The van der Waals surface area contributed by atoms with Crippen molar-refractivity contribution in [2.75, 3.05) is 16.9 Å². The van der Waals surface area contributed by atoms with Crippen molar-refractivity contribution in [2.24, 2.45) is 0 Å². The number of esters is 1. The van der Waals surface area contributed by atoms with Crippen molar-refractivity contribution in [3.63, 3.8) is 0 Å². The Kier molecular flexibility index (Phi) is 5.32. The molecule has 2 aromatic rings. The maximum absolute atomic E-state index is 14.6. The molecule has 1 spiro atoms. The van der Waals surface area contributed by atoms with Gasteiger partial charge in [-0.2, -0.15) is 18.4 Å². The van der Waals surface area contributed by atoms with Gasteiger partial charge < -0.3 is 9.64 Å². The van der Waals surface area contributed by atoms with Crippen molar-refractivity contribution in [2.45, 2.75) is 31.0 Å². The topological polar surface area (TPSA) is 86.5 Å². The van der Waals surface area contributed by atoms with Crippen molar-refractivity contribution >= 4 is 40.6 Å². The van der Waals surface area contributed by atoms with Crippen molar-refractivity contribution in [3.05, 3.63) is 53.1 Å². The number of benzene rings is 1. The summed E-state index contributed by atoms with van der Waals surface area (Å²) in [6, 6.07) is 5.62. The summed E-state index contributed by atoms with van der Waals surface area (Å²) >= 11 is 5.44. The predicted octanol–water partition coefficient (Wildman–Crippen LogP) is 3.96. The number of hydrogen-bond acceptors (Lipinski definition) is 6. The highest BCUT2D eigenvalue weighted by Crippen LogP contribution is 2.48. The Hall–Kier alpha value is -3.59. The smallest absolute Gasteiger partial charge is 0.419 e. The Morgan fingerprint density at radius 1 is 1.27 bits per heavy atom. The van der Waals surface area contributed by atoms with E-state index in [9.17, 15) is 27.2 Å². The number of thiocarbonyl (C=S) groups is 1. The van der Waals surface area contributed by atoms with Crippen molar-refractivity contribution in [1.29, 1.82) is 5.26 Å². The SMILES string of the molecule is COC(=O)c1ccc(N2C(=S)N(c3cnc(C#N)c(C(F)(F)F)c3)C(=O)C23CCC3)cc1F. The number of nitrogens with zero attached hydrogens (tertiary/aromatic N) is 4. The molecule has 1 aliphatic carbocycles. The van der Waals surface area contributed by atoms with E-state index in [0.29, 0.717) is 25.3 Å². The van der Waals surface area contributed by atoms with Crippen LogP contribution in [0.4, 0.5) is 28.9 Å². The fraction of sp³-hybridized carbons (Fsp3) is 0.286. The van der Waals surface area contributed by atoms with Gasteiger partial charge in [-0.25, -0.2) is 14.2 Å². The molecule has 2 fully saturated rings. The lowest BCUT2D eigenvalue weighted by Gasteiger charge is -2.43. The zero-order valence-corrected chi connectivity index (χ0v) is 17.8. The third-order valence-electron chi connectivity index (χ3n) is 5.75. The molecule has 4 rings (SSSR count). The number of amides is 1. The van der Waals surface area contributed by atoms with E-state index in [1.807, 2.05) is 0 Å². The fourth-order valence-corrected chi connectivity index (χ4v) is 4.48. The van der Waals surface area contributed by atoms with Gasteiger partial charge in [0.2, 0.25) is 0 Å². The zero-order valence-electron chi connectivity index (χ0n) is 16.9. The highest BCUT2D eigenvalue weighted by atomic mass is 32.1. The predicted molar refractivity (Wildman–Crippen MR) is 111 cm³/mol. The molecule has 0 bridgehead atoms. The minimum Gasteiger partial charge on any atom is -0.465 e. The van der Waals surface area contributed by atoms with Crippen LogP contribution in [0.2, 0.25) is 0 Å². The lowest BCUT2D eigenvalue weighted by molar-refractivity contribution is -0.138. The monoisotopic (exact) mass is 478 g/mol. The summed E-state index contributed by atoms with van der Waals surface area (Å²) in [5, 5.41) is 8.81. The Balaban J connectivity index is 1.80. The number of halogens is 4. The molecule has 0 unspecified atom stereocenters. The van der Waals surface area contributed by atoms with E-state index >= 15 is 0 Å². The van der Waals surface area contributed by atoms with Crippen LogP contribution in [0.25, 0.3) is 0 Å². The number of ether oxygens (including phenoxy) is 1. The molecule has 2 aliphatic rings. The number of carbonyl (C=O) groups is 2. The van der Waals surface area contributed by atoms with Crippen LogP contribution < -0.4 is 9.80 Å². The Labute approximate surface area is 190 Å². The summed E-state index contributed by atoms with van der Waals surface area (Å²) in [7, 11) is 1.10. The number of anilines is 2. The highest BCUT2D eigenvalue weighted by molar-refractivity contribution is 7.81. The molecule has 0 N–H and O–H groups in total. The molecule has 170 valence electrons. The van der Waals surface area contributed by atoms with Gasteiger partial charge in [0.05, 0.1) is 30.1 Å².